The van der Waals surface area contributed by atoms with Gasteiger partial charge in [0.05, 0.1) is 6.04 Å². The number of hydrogen-bond acceptors (Lipinski definition) is 1. The molecule has 2 unspecified atom stereocenters. The molecule has 3 rings (SSSR count). The van der Waals surface area contributed by atoms with E-state index in [4.69, 9.17) is 5.73 Å². The predicted molar refractivity (Wildman–Crippen MR) is 95.9 cm³/mol. The highest BCUT2D eigenvalue weighted by Gasteiger charge is 2.35. The van der Waals surface area contributed by atoms with E-state index in [1.807, 2.05) is 0 Å². The molecule has 0 aromatic heterocycles. The second-order valence-corrected chi connectivity index (χ2v) is 5.83. The maximum atomic E-state index is 5.99. The summed E-state index contributed by atoms with van der Waals surface area (Å²) in [6.07, 6.45) is 7.43. The number of nitrogens with one attached hydrogen (secondary N) is 1. The van der Waals surface area contributed by atoms with Crippen molar-refractivity contribution in [1.82, 2.24) is 0 Å². The van der Waals surface area contributed by atoms with Crippen molar-refractivity contribution in [2.45, 2.75) is 51.5 Å². The number of hydrogen-bond donors (Lipinski definition) is 2. The lowest BCUT2D eigenvalue weighted by molar-refractivity contribution is 0.683. The van der Waals surface area contributed by atoms with Gasteiger partial charge in [0.1, 0.15) is 0 Å². The van der Waals surface area contributed by atoms with E-state index in [2.05, 4.69) is 35.4 Å². The third-order valence-electron chi connectivity index (χ3n) is 4.22. The van der Waals surface area contributed by atoms with Gasteiger partial charge >= 0.3 is 0 Å². The Morgan fingerprint density at radius 1 is 1.35 bits per heavy atom. The Bertz CT molecular complexity index is 498. The number of nitrogens with two attached hydrogens (primary N) is 1. The quantitative estimate of drug-likeness (QED) is 0.472. The van der Waals surface area contributed by atoms with Crippen LogP contribution in [0.1, 0.15) is 43.7 Å². The zero-order valence-electron chi connectivity index (χ0n) is 12.1. The van der Waals surface area contributed by atoms with Gasteiger partial charge in [-0.05, 0) is 61.3 Å². The fourth-order valence-corrected chi connectivity index (χ4v) is 3.08. The van der Waals surface area contributed by atoms with Crippen molar-refractivity contribution >= 4 is 35.6 Å². The van der Waals surface area contributed by atoms with E-state index in [9.17, 15) is 0 Å². The molecule has 2 aliphatic carbocycles. The lowest BCUT2D eigenvalue weighted by Crippen LogP contribution is -2.23. The Morgan fingerprint density at radius 2 is 2.15 bits per heavy atom. The standard InChI is InChI=1S/C16H23N3.HI/c1-2-4-13-10-15(13)19-16(17)18-14-8-7-11-5-3-6-12(11)9-14;/h7-9,13,15H,2-6,10H2,1H3,(H3,17,18,19);1H. The van der Waals surface area contributed by atoms with Gasteiger partial charge in [-0.15, -0.1) is 24.0 Å². The topological polar surface area (TPSA) is 50.4 Å². The van der Waals surface area contributed by atoms with Gasteiger partial charge in [-0.2, -0.15) is 0 Å². The summed E-state index contributed by atoms with van der Waals surface area (Å²) < 4.78 is 0. The molecule has 3 N–H and O–H groups in total. The average Bonchev–Trinajstić information content (AvgIpc) is 2.93. The molecule has 4 heteroatoms. The van der Waals surface area contributed by atoms with Crippen molar-refractivity contribution in [2.75, 3.05) is 5.32 Å². The summed E-state index contributed by atoms with van der Waals surface area (Å²) in [6, 6.07) is 7.01. The Balaban J connectivity index is 0.00000147. The number of fused-ring (bicyclic) bond motifs is 1. The molecule has 1 aromatic rings. The van der Waals surface area contributed by atoms with E-state index in [0.29, 0.717) is 12.0 Å². The summed E-state index contributed by atoms with van der Waals surface area (Å²) in [5.41, 5.74) is 10.0. The molecule has 0 heterocycles. The van der Waals surface area contributed by atoms with Crippen LogP contribution in [0.15, 0.2) is 23.2 Å². The number of nitrogens with zero attached hydrogens (tertiary/aromatic N) is 1. The smallest absolute Gasteiger partial charge is 0.193 e. The molecule has 2 aliphatic rings. The Hall–Kier alpha value is -0.780. The molecule has 20 heavy (non-hydrogen) atoms. The van der Waals surface area contributed by atoms with Gasteiger partial charge in [-0.25, -0.2) is 4.99 Å². The highest BCUT2D eigenvalue weighted by atomic mass is 127. The van der Waals surface area contributed by atoms with Crippen molar-refractivity contribution < 1.29 is 0 Å². The largest absolute Gasteiger partial charge is 0.370 e. The van der Waals surface area contributed by atoms with Crippen LogP contribution in [0.5, 0.6) is 0 Å². The van der Waals surface area contributed by atoms with Crippen molar-refractivity contribution in [1.29, 1.82) is 0 Å². The zero-order valence-corrected chi connectivity index (χ0v) is 14.4. The van der Waals surface area contributed by atoms with Crippen LogP contribution >= 0.6 is 24.0 Å². The van der Waals surface area contributed by atoms with E-state index in [1.54, 1.807) is 0 Å². The molecule has 3 nitrogen and oxygen atoms in total. The molecule has 0 radical (unpaired) electrons. The predicted octanol–water partition coefficient (Wildman–Crippen LogP) is 3.71. The zero-order chi connectivity index (χ0) is 13.2. The van der Waals surface area contributed by atoms with Crippen LogP contribution in [-0.4, -0.2) is 12.0 Å². The lowest BCUT2D eigenvalue weighted by atomic mass is 10.1. The normalized spacial score (nSPS) is 23.9. The van der Waals surface area contributed by atoms with Gasteiger partial charge in [-0.1, -0.05) is 19.4 Å². The van der Waals surface area contributed by atoms with E-state index < -0.39 is 0 Å². The third-order valence-corrected chi connectivity index (χ3v) is 4.22. The maximum absolute atomic E-state index is 5.99. The number of rotatable bonds is 4. The van der Waals surface area contributed by atoms with Crippen LogP contribution in [0, 0.1) is 5.92 Å². The van der Waals surface area contributed by atoms with Crippen molar-refractivity contribution in [3.05, 3.63) is 29.3 Å². The molecular formula is C16H24IN3. The molecule has 1 aromatic carbocycles. The maximum Gasteiger partial charge on any atom is 0.193 e. The Labute approximate surface area is 138 Å². The molecule has 0 aliphatic heterocycles. The molecule has 110 valence electrons. The van der Waals surface area contributed by atoms with Gasteiger partial charge in [0.2, 0.25) is 0 Å². The van der Waals surface area contributed by atoms with E-state index in [0.717, 1.165) is 11.6 Å². The van der Waals surface area contributed by atoms with Crippen LogP contribution in [0.25, 0.3) is 0 Å². The van der Waals surface area contributed by atoms with Crippen LogP contribution in [0.3, 0.4) is 0 Å². The minimum Gasteiger partial charge on any atom is -0.370 e. The van der Waals surface area contributed by atoms with Gasteiger partial charge < -0.3 is 11.1 Å². The Kier molecular flexibility index (Phi) is 5.29. The minimum atomic E-state index is 0. The summed E-state index contributed by atoms with van der Waals surface area (Å²) in [4.78, 5) is 4.56. The summed E-state index contributed by atoms with van der Waals surface area (Å²) in [5, 5.41) is 3.23. The average molecular weight is 385 g/mol. The highest BCUT2D eigenvalue weighted by molar-refractivity contribution is 14.0. The fourth-order valence-electron chi connectivity index (χ4n) is 3.08. The fraction of sp³-hybridized carbons (Fsp3) is 0.562. The third kappa shape index (κ3) is 3.65. The Morgan fingerprint density at radius 3 is 2.95 bits per heavy atom. The summed E-state index contributed by atoms with van der Waals surface area (Å²) in [7, 11) is 0. The van der Waals surface area contributed by atoms with Gasteiger partial charge in [-0.3, -0.25) is 0 Å². The minimum absolute atomic E-state index is 0. The second-order valence-electron chi connectivity index (χ2n) is 5.83. The van der Waals surface area contributed by atoms with E-state index in [1.165, 1.54) is 49.7 Å². The van der Waals surface area contributed by atoms with Crippen LogP contribution < -0.4 is 11.1 Å². The molecule has 1 fully saturated rings. The number of aryl methyl sites for hydroxylation is 2. The first-order valence-corrected chi connectivity index (χ1v) is 7.48. The van der Waals surface area contributed by atoms with Gasteiger partial charge in [0.15, 0.2) is 5.96 Å². The monoisotopic (exact) mass is 385 g/mol. The number of halogens is 1. The number of anilines is 1. The second kappa shape index (κ2) is 6.78. The molecule has 0 bridgehead atoms. The van der Waals surface area contributed by atoms with Gasteiger partial charge in [0, 0.05) is 5.69 Å². The molecule has 1 saturated carbocycles. The highest BCUT2D eigenvalue weighted by Crippen LogP contribution is 2.37. The lowest BCUT2D eigenvalue weighted by Gasteiger charge is -2.07. The summed E-state index contributed by atoms with van der Waals surface area (Å²) >= 11 is 0. The summed E-state index contributed by atoms with van der Waals surface area (Å²) in [6.45, 7) is 2.23. The number of aliphatic imine (C=N–C) groups is 1. The number of guanidine groups is 1. The first-order chi connectivity index (χ1) is 9.26. The summed E-state index contributed by atoms with van der Waals surface area (Å²) in [5.74, 6) is 1.34. The van der Waals surface area contributed by atoms with Crippen LogP contribution in [-0.2, 0) is 12.8 Å². The molecular weight excluding hydrogens is 361 g/mol. The SMILES string of the molecule is CCCC1CC1N=C(N)Nc1ccc2c(c1)CCC2.I. The van der Waals surface area contributed by atoms with Crippen LogP contribution in [0.4, 0.5) is 5.69 Å². The first-order valence-electron chi connectivity index (χ1n) is 7.48. The van der Waals surface area contributed by atoms with E-state index >= 15 is 0 Å². The van der Waals surface area contributed by atoms with Crippen molar-refractivity contribution in [3.63, 3.8) is 0 Å². The molecule has 0 amide bonds. The molecule has 2 atom stereocenters. The van der Waals surface area contributed by atoms with Crippen LogP contribution in [0.2, 0.25) is 0 Å². The van der Waals surface area contributed by atoms with Gasteiger partial charge in [0.25, 0.3) is 0 Å². The molecule has 0 spiro atoms. The molecule has 0 saturated heterocycles. The van der Waals surface area contributed by atoms with Crippen molar-refractivity contribution in [3.8, 4) is 0 Å². The first kappa shape index (κ1) is 15.6. The van der Waals surface area contributed by atoms with Crippen molar-refractivity contribution in [2.24, 2.45) is 16.6 Å². The number of benzene rings is 1. The van der Waals surface area contributed by atoms with E-state index in [-0.39, 0.29) is 24.0 Å².